The third-order valence-corrected chi connectivity index (χ3v) is 2.63. The predicted molar refractivity (Wildman–Crippen MR) is 65.0 cm³/mol. The summed E-state index contributed by atoms with van der Waals surface area (Å²) in [5, 5.41) is 0. The summed E-state index contributed by atoms with van der Waals surface area (Å²) in [5.41, 5.74) is 1.17. The molecule has 0 aliphatic heterocycles. The highest BCUT2D eigenvalue weighted by Crippen LogP contribution is 2.22. The second kappa shape index (κ2) is 3.87. The lowest BCUT2D eigenvalue weighted by molar-refractivity contribution is 0.554. The van der Waals surface area contributed by atoms with Gasteiger partial charge in [-0.15, -0.1) is 0 Å². The van der Waals surface area contributed by atoms with Crippen LogP contribution < -0.4 is 5.69 Å². The molecule has 0 amide bonds. The maximum absolute atomic E-state index is 12.9. The van der Waals surface area contributed by atoms with Gasteiger partial charge in [-0.2, -0.15) is 0 Å². The summed E-state index contributed by atoms with van der Waals surface area (Å²) in [5.74, 6) is -0.311. The largest absolute Gasteiger partial charge is 0.330 e. The highest BCUT2D eigenvalue weighted by atomic mass is 19.1. The first kappa shape index (κ1) is 11.6. The molecule has 4 heteroatoms. The van der Waals surface area contributed by atoms with Crippen molar-refractivity contribution in [3.05, 3.63) is 52.5 Å². The molecule has 3 nitrogen and oxygen atoms in total. The molecule has 2 rings (SSSR count). The standard InChI is InChI=1S/C13H15FN2O/c1-13(2,3)11-8-15-12(17)16(11)10-6-4-9(14)5-7-10/h4-8H,1-3H3,(H,15,17). The number of aromatic amines is 1. The highest BCUT2D eigenvalue weighted by Gasteiger charge is 2.21. The van der Waals surface area contributed by atoms with Crippen molar-refractivity contribution in [1.82, 2.24) is 9.55 Å². The normalized spacial score (nSPS) is 11.8. The summed E-state index contributed by atoms with van der Waals surface area (Å²) >= 11 is 0. The second-order valence-electron chi connectivity index (χ2n) is 5.04. The minimum atomic E-state index is -0.311. The van der Waals surface area contributed by atoms with E-state index >= 15 is 0 Å². The average Bonchev–Trinajstić information content (AvgIpc) is 2.61. The van der Waals surface area contributed by atoms with E-state index in [4.69, 9.17) is 0 Å². The fraction of sp³-hybridized carbons (Fsp3) is 0.308. The van der Waals surface area contributed by atoms with E-state index in [0.717, 1.165) is 5.69 Å². The molecule has 17 heavy (non-hydrogen) atoms. The topological polar surface area (TPSA) is 37.8 Å². The van der Waals surface area contributed by atoms with Crippen LogP contribution in [0.5, 0.6) is 0 Å². The van der Waals surface area contributed by atoms with E-state index in [2.05, 4.69) is 4.98 Å². The number of nitrogens with zero attached hydrogens (tertiary/aromatic N) is 1. The molecule has 1 heterocycles. The van der Waals surface area contributed by atoms with Gasteiger partial charge in [0.15, 0.2) is 0 Å². The Morgan fingerprint density at radius 1 is 1.18 bits per heavy atom. The molecule has 0 bridgehead atoms. The number of aromatic nitrogens is 2. The van der Waals surface area contributed by atoms with Gasteiger partial charge in [0.1, 0.15) is 5.82 Å². The van der Waals surface area contributed by atoms with Gasteiger partial charge in [-0.05, 0) is 24.3 Å². The maximum Gasteiger partial charge on any atom is 0.330 e. The van der Waals surface area contributed by atoms with Gasteiger partial charge < -0.3 is 4.98 Å². The summed E-state index contributed by atoms with van der Waals surface area (Å²) < 4.78 is 14.4. The molecule has 0 fully saturated rings. The fourth-order valence-corrected chi connectivity index (χ4v) is 1.77. The van der Waals surface area contributed by atoms with Crippen LogP contribution in [0.25, 0.3) is 5.69 Å². The SMILES string of the molecule is CC(C)(C)c1c[nH]c(=O)n1-c1ccc(F)cc1. The lowest BCUT2D eigenvalue weighted by Crippen LogP contribution is -2.23. The van der Waals surface area contributed by atoms with Crippen molar-refractivity contribution >= 4 is 0 Å². The van der Waals surface area contributed by atoms with E-state index in [9.17, 15) is 9.18 Å². The average molecular weight is 234 g/mol. The first-order valence-corrected chi connectivity index (χ1v) is 5.46. The van der Waals surface area contributed by atoms with Crippen molar-refractivity contribution in [2.45, 2.75) is 26.2 Å². The van der Waals surface area contributed by atoms with E-state index in [1.165, 1.54) is 12.1 Å². The van der Waals surface area contributed by atoms with Gasteiger partial charge >= 0.3 is 5.69 Å². The molecule has 0 unspecified atom stereocenters. The van der Waals surface area contributed by atoms with Gasteiger partial charge in [0, 0.05) is 17.3 Å². The smallest absolute Gasteiger partial charge is 0.312 e. The zero-order valence-electron chi connectivity index (χ0n) is 10.1. The number of H-pyrrole nitrogens is 1. The first-order chi connectivity index (χ1) is 7.89. The number of hydrogen-bond donors (Lipinski definition) is 1. The molecule has 2 aromatic rings. The molecule has 1 aromatic carbocycles. The van der Waals surface area contributed by atoms with Gasteiger partial charge in [-0.25, -0.2) is 9.18 Å². The molecule has 0 saturated heterocycles. The lowest BCUT2D eigenvalue weighted by Gasteiger charge is -2.20. The van der Waals surface area contributed by atoms with Gasteiger partial charge in [0.2, 0.25) is 0 Å². The van der Waals surface area contributed by atoms with Crippen LogP contribution in [-0.4, -0.2) is 9.55 Å². The Labute approximate surface area is 98.9 Å². The van der Waals surface area contributed by atoms with Crippen molar-refractivity contribution in [2.24, 2.45) is 0 Å². The van der Waals surface area contributed by atoms with Crippen LogP contribution in [0.4, 0.5) is 4.39 Å². The zero-order valence-corrected chi connectivity index (χ0v) is 10.1. The van der Waals surface area contributed by atoms with Crippen LogP contribution in [0, 0.1) is 5.82 Å². The van der Waals surface area contributed by atoms with Crippen molar-refractivity contribution < 1.29 is 4.39 Å². The molecule has 0 spiro atoms. The molecule has 1 aromatic heterocycles. The molecular weight excluding hydrogens is 219 g/mol. The lowest BCUT2D eigenvalue weighted by atomic mass is 9.92. The molecule has 0 saturated carbocycles. The van der Waals surface area contributed by atoms with E-state index in [0.29, 0.717) is 5.69 Å². The summed E-state index contributed by atoms with van der Waals surface area (Å²) in [7, 11) is 0. The predicted octanol–water partition coefficient (Wildman–Crippen LogP) is 2.60. The van der Waals surface area contributed by atoms with E-state index in [1.54, 1.807) is 22.9 Å². The third-order valence-electron chi connectivity index (χ3n) is 2.63. The maximum atomic E-state index is 12.9. The number of imidazole rings is 1. The number of benzene rings is 1. The number of rotatable bonds is 1. The molecule has 0 aliphatic carbocycles. The van der Waals surface area contributed by atoms with Crippen molar-refractivity contribution in [2.75, 3.05) is 0 Å². The molecule has 90 valence electrons. The van der Waals surface area contributed by atoms with Crippen molar-refractivity contribution in [1.29, 1.82) is 0 Å². The minimum absolute atomic E-state index is 0.159. The Kier molecular flexibility index (Phi) is 2.65. The van der Waals surface area contributed by atoms with Crippen LogP contribution in [0.1, 0.15) is 26.5 Å². The van der Waals surface area contributed by atoms with Crippen LogP contribution in [0.2, 0.25) is 0 Å². The van der Waals surface area contributed by atoms with Crippen LogP contribution in [-0.2, 0) is 5.41 Å². The quantitative estimate of drug-likeness (QED) is 0.809. The Morgan fingerprint density at radius 2 is 1.76 bits per heavy atom. The minimum Gasteiger partial charge on any atom is -0.312 e. The fourth-order valence-electron chi connectivity index (χ4n) is 1.77. The van der Waals surface area contributed by atoms with Gasteiger partial charge in [0.25, 0.3) is 0 Å². The Hall–Kier alpha value is -1.84. The summed E-state index contributed by atoms with van der Waals surface area (Å²) in [6, 6.07) is 5.89. The number of hydrogen-bond acceptors (Lipinski definition) is 1. The van der Waals surface area contributed by atoms with Gasteiger partial charge in [-0.3, -0.25) is 4.57 Å². The van der Waals surface area contributed by atoms with Gasteiger partial charge in [-0.1, -0.05) is 20.8 Å². The van der Waals surface area contributed by atoms with Crippen molar-refractivity contribution in [3.8, 4) is 5.69 Å². The Bertz CT molecular complexity index is 573. The van der Waals surface area contributed by atoms with Crippen LogP contribution >= 0.6 is 0 Å². The summed E-state index contributed by atoms with van der Waals surface area (Å²) in [6.07, 6.45) is 1.70. The van der Waals surface area contributed by atoms with Crippen LogP contribution in [0.3, 0.4) is 0 Å². The highest BCUT2D eigenvalue weighted by molar-refractivity contribution is 5.35. The Morgan fingerprint density at radius 3 is 2.29 bits per heavy atom. The first-order valence-electron chi connectivity index (χ1n) is 5.46. The van der Waals surface area contributed by atoms with Crippen LogP contribution in [0.15, 0.2) is 35.3 Å². The number of nitrogens with one attached hydrogen (secondary N) is 1. The monoisotopic (exact) mass is 234 g/mol. The Balaban J connectivity index is 2.63. The van der Waals surface area contributed by atoms with E-state index in [1.807, 2.05) is 20.8 Å². The molecule has 0 radical (unpaired) electrons. The second-order valence-corrected chi connectivity index (χ2v) is 5.04. The van der Waals surface area contributed by atoms with E-state index in [-0.39, 0.29) is 16.9 Å². The van der Waals surface area contributed by atoms with Gasteiger partial charge in [0.05, 0.1) is 5.69 Å². The molecule has 1 N–H and O–H groups in total. The molecular formula is C13H15FN2O. The molecule has 0 atom stereocenters. The summed E-state index contributed by atoms with van der Waals surface area (Å²) in [6.45, 7) is 6.07. The third kappa shape index (κ3) is 2.16. The summed E-state index contributed by atoms with van der Waals surface area (Å²) in [4.78, 5) is 14.5. The van der Waals surface area contributed by atoms with E-state index < -0.39 is 0 Å². The molecule has 0 aliphatic rings. The van der Waals surface area contributed by atoms with Crippen molar-refractivity contribution in [3.63, 3.8) is 0 Å². The number of halogens is 1. The zero-order chi connectivity index (χ0) is 12.6.